The highest BCUT2D eigenvalue weighted by Crippen LogP contribution is 2.17. The lowest BCUT2D eigenvalue weighted by atomic mass is 10.2. The Kier molecular flexibility index (Phi) is 6.07. The summed E-state index contributed by atoms with van der Waals surface area (Å²) in [6, 6.07) is 13.6. The predicted molar refractivity (Wildman–Crippen MR) is 119 cm³/mol. The summed E-state index contributed by atoms with van der Waals surface area (Å²) in [5.74, 6) is 0.255. The van der Waals surface area contributed by atoms with Crippen LogP contribution in [0.4, 0.5) is 5.69 Å². The molecule has 4 rings (SSSR count). The third-order valence-corrected chi connectivity index (χ3v) is 4.77. The van der Waals surface area contributed by atoms with Crippen molar-refractivity contribution in [3.8, 4) is 5.75 Å². The molecule has 9 nitrogen and oxygen atoms in total. The Bertz CT molecular complexity index is 1320. The Morgan fingerprint density at radius 1 is 1.12 bits per heavy atom. The van der Waals surface area contributed by atoms with E-state index in [0.29, 0.717) is 46.6 Å². The number of fused-ring (bicyclic) bond motifs is 1. The van der Waals surface area contributed by atoms with Crippen LogP contribution >= 0.6 is 0 Å². The molecule has 0 aliphatic rings. The number of hydrogen-bond donors (Lipinski definition) is 2. The second kappa shape index (κ2) is 9.25. The second-order valence-electron chi connectivity index (χ2n) is 7.24. The minimum Gasteiger partial charge on any atom is -0.427 e. The van der Waals surface area contributed by atoms with Crippen LogP contribution in [0.2, 0.25) is 0 Å². The molecular formula is C23H21N5O4. The number of esters is 1. The number of carbonyl (C=O) groups is 2. The van der Waals surface area contributed by atoms with Crippen LogP contribution < -0.4 is 15.6 Å². The molecule has 32 heavy (non-hydrogen) atoms. The zero-order valence-electron chi connectivity index (χ0n) is 17.4. The van der Waals surface area contributed by atoms with Crippen molar-refractivity contribution in [3.63, 3.8) is 0 Å². The van der Waals surface area contributed by atoms with Crippen LogP contribution in [-0.2, 0) is 18.3 Å². The van der Waals surface area contributed by atoms with Gasteiger partial charge < -0.3 is 15.0 Å². The number of ether oxygens (including phenoxy) is 1. The van der Waals surface area contributed by atoms with Crippen LogP contribution in [0.1, 0.15) is 29.0 Å². The van der Waals surface area contributed by atoms with Gasteiger partial charge in [0.1, 0.15) is 11.6 Å². The van der Waals surface area contributed by atoms with Crippen molar-refractivity contribution in [2.75, 3.05) is 5.32 Å². The van der Waals surface area contributed by atoms with Crippen molar-refractivity contribution in [2.24, 2.45) is 7.05 Å². The Balaban J connectivity index is 1.27. The molecule has 4 aromatic rings. The molecule has 1 amide bonds. The molecule has 0 spiro atoms. The van der Waals surface area contributed by atoms with E-state index in [1.54, 1.807) is 60.4 Å². The van der Waals surface area contributed by atoms with Gasteiger partial charge in [0.25, 0.3) is 11.5 Å². The molecule has 2 N–H and O–H groups in total. The summed E-state index contributed by atoms with van der Waals surface area (Å²) in [4.78, 5) is 43.6. The number of carbonyl (C=O) groups excluding carboxylic acids is 2. The third-order valence-electron chi connectivity index (χ3n) is 4.77. The van der Waals surface area contributed by atoms with Gasteiger partial charge >= 0.3 is 5.97 Å². The number of nitrogens with zero attached hydrogens (tertiary/aromatic N) is 3. The van der Waals surface area contributed by atoms with Crippen molar-refractivity contribution in [3.05, 3.63) is 82.7 Å². The maximum Gasteiger partial charge on any atom is 0.311 e. The molecule has 0 saturated heterocycles. The van der Waals surface area contributed by atoms with Gasteiger partial charge in [-0.1, -0.05) is 12.1 Å². The Hall–Kier alpha value is -4.27. The fourth-order valence-electron chi connectivity index (χ4n) is 3.18. The van der Waals surface area contributed by atoms with Gasteiger partial charge in [-0.25, -0.2) is 4.98 Å². The number of anilines is 1. The summed E-state index contributed by atoms with van der Waals surface area (Å²) in [5.41, 5.74) is 1.46. The van der Waals surface area contributed by atoms with E-state index in [0.717, 1.165) is 0 Å². The number of benzene rings is 2. The number of aromatic amines is 1. The van der Waals surface area contributed by atoms with Crippen molar-refractivity contribution in [1.29, 1.82) is 0 Å². The monoisotopic (exact) mass is 431 g/mol. The summed E-state index contributed by atoms with van der Waals surface area (Å²) < 4.78 is 6.88. The highest BCUT2D eigenvalue weighted by atomic mass is 16.5. The zero-order chi connectivity index (χ0) is 22.5. The Morgan fingerprint density at radius 3 is 2.66 bits per heavy atom. The van der Waals surface area contributed by atoms with E-state index in [1.807, 2.05) is 6.07 Å². The number of aryl methyl sites for hydroxylation is 2. The van der Waals surface area contributed by atoms with Gasteiger partial charge in [0, 0.05) is 31.8 Å². The van der Waals surface area contributed by atoms with Crippen LogP contribution in [-0.4, -0.2) is 31.6 Å². The van der Waals surface area contributed by atoms with Gasteiger partial charge in [0.15, 0.2) is 0 Å². The van der Waals surface area contributed by atoms with Gasteiger partial charge in [-0.3, -0.25) is 19.1 Å². The molecule has 2 aromatic carbocycles. The summed E-state index contributed by atoms with van der Waals surface area (Å²) in [5, 5.41) is 7.26. The molecule has 0 bridgehead atoms. The number of nitrogens with one attached hydrogen (secondary N) is 2. The lowest BCUT2D eigenvalue weighted by molar-refractivity contribution is -0.134. The average Bonchev–Trinajstić information content (AvgIpc) is 3.22. The van der Waals surface area contributed by atoms with Crippen LogP contribution in [0.25, 0.3) is 10.9 Å². The van der Waals surface area contributed by atoms with E-state index in [-0.39, 0.29) is 23.9 Å². The van der Waals surface area contributed by atoms with Gasteiger partial charge in [-0.2, -0.15) is 5.10 Å². The zero-order valence-corrected chi connectivity index (χ0v) is 17.4. The van der Waals surface area contributed by atoms with E-state index >= 15 is 0 Å². The number of hydrogen-bond acceptors (Lipinski definition) is 6. The fourth-order valence-corrected chi connectivity index (χ4v) is 3.18. The molecule has 0 aliphatic carbocycles. The SMILES string of the molecule is Cn1cc(C(=O)Nc2ccc(OC(=O)CCCc3nc4ccccc4c(=O)[nH]3)cc2)cn1. The molecule has 0 radical (unpaired) electrons. The first-order chi connectivity index (χ1) is 15.5. The number of para-hydroxylation sites is 1. The minimum absolute atomic E-state index is 0.177. The van der Waals surface area contributed by atoms with Crippen molar-refractivity contribution >= 4 is 28.5 Å². The quantitative estimate of drug-likeness (QED) is 0.343. The summed E-state index contributed by atoms with van der Waals surface area (Å²) in [6.45, 7) is 0. The predicted octanol–water partition coefficient (Wildman–Crippen LogP) is 2.84. The topological polar surface area (TPSA) is 119 Å². The maximum absolute atomic E-state index is 12.1. The smallest absolute Gasteiger partial charge is 0.311 e. The highest BCUT2D eigenvalue weighted by Gasteiger charge is 2.10. The van der Waals surface area contributed by atoms with Gasteiger partial charge in [-0.05, 0) is 42.8 Å². The second-order valence-corrected chi connectivity index (χ2v) is 7.24. The molecule has 2 heterocycles. The normalized spacial score (nSPS) is 10.8. The molecular weight excluding hydrogens is 410 g/mol. The largest absolute Gasteiger partial charge is 0.427 e. The van der Waals surface area contributed by atoms with E-state index in [9.17, 15) is 14.4 Å². The first-order valence-corrected chi connectivity index (χ1v) is 10.1. The van der Waals surface area contributed by atoms with E-state index in [2.05, 4.69) is 20.4 Å². The van der Waals surface area contributed by atoms with E-state index in [1.165, 1.54) is 6.20 Å². The van der Waals surface area contributed by atoms with Crippen LogP contribution in [0.3, 0.4) is 0 Å². The Morgan fingerprint density at radius 2 is 1.91 bits per heavy atom. The lowest BCUT2D eigenvalue weighted by Gasteiger charge is -2.07. The molecule has 0 aliphatic heterocycles. The summed E-state index contributed by atoms with van der Waals surface area (Å²) >= 11 is 0. The van der Waals surface area contributed by atoms with Crippen molar-refractivity contribution in [1.82, 2.24) is 19.7 Å². The first kappa shape index (κ1) is 21.0. The average molecular weight is 431 g/mol. The molecule has 0 atom stereocenters. The van der Waals surface area contributed by atoms with E-state index in [4.69, 9.17) is 4.74 Å². The maximum atomic E-state index is 12.1. The minimum atomic E-state index is -0.389. The molecule has 2 aromatic heterocycles. The van der Waals surface area contributed by atoms with Crippen LogP contribution in [0.5, 0.6) is 5.75 Å². The number of H-pyrrole nitrogens is 1. The molecule has 0 unspecified atom stereocenters. The van der Waals surface area contributed by atoms with Crippen LogP contribution in [0, 0.1) is 0 Å². The first-order valence-electron chi connectivity index (χ1n) is 10.1. The van der Waals surface area contributed by atoms with Gasteiger partial charge in [0.2, 0.25) is 0 Å². The van der Waals surface area contributed by atoms with Gasteiger partial charge in [0.05, 0.1) is 22.7 Å². The summed E-state index contributed by atoms with van der Waals surface area (Å²) in [7, 11) is 1.73. The number of aromatic nitrogens is 4. The molecule has 0 fully saturated rings. The van der Waals surface area contributed by atoms with E-state index < -0.39 is 0 Å². The number of rotatable bonds is 7. The van der Waals surface area contributed by atoms with Crippen molar-refractivity contribution in [2.45, 2.75) is 19.3 Å². The fraction of sp³-hybridized carbons (Fsp3) is 0.174. The third kappa shape index (κ3) is 5.07. The standard InChI is InChI=1S/C23H21N5O4/c1-28-14-15(13-24-28)22(30)25-16-9-11-17(12-10-16)32-21(29)8-4-7-20-26-19-6-3-2-5-18(19)23(31)27-20/h2-3,5-6,9-14H,4,7-8H2,1H3,(H,25,30)(H,26,27,31). The lowest BCUT2D eigenvalue weighted by Crippen LogP contribution is -2.13. The molecule has 0 saturated carbocycles. The molecule has 162 valence electrons. The summed E-state index contributed by atoms with van der Waals surface area (Å²) in [6.07, 6.45) is 4.22. The Labute approximate surface area is 183 Å². The van der Waals surface area contributed by atoms with Crippen molar-refractivity contribution < 1.29 is 14.3 Å². The van der Waals surface area contributed by atoms with Gasteiger partial charge in [-0.15, -0.1) is 0 Å². The number of amides is 1. The highest BCUT2D eigenvalue weighted by molar-refractivity contribution is 6.03. The molecule has 9 heteroatoms. The van der Waals surface area contributed by atoms with Crippen LogP contribution in [0.15, 0.2) is 65.7 Å².